The fraction of sp³-hybridized carbons (Fsp3) is 0.812. The summed E-state index contributed by atoms with van der Waals surface area (Å²) in [4.78, 5) is 36.3. The second-order valence-corrected chi connectivity index (χ2v) is 9.85. The first-order chi connectivity index (χ1) is 8.89. The molecule has 4 heteroatoms. The van der Waals surface area contributed by atoms with Gasteiger partial charge in [-0.2, -0.15) is 0 Å². The van der Waals surface area contributed by atoms with Gasteiger partial charge in [0, 0.05) is 24.0 Å². The Kier molecular flexibility index (Phi) is 5.23. The van der Waals surface area contributed by atoms with Gasteiger partial charge in [-0.05, 0) is 5.41 Å². The van der Waals surface area contributed by atoms with E-state index in [0.29, 0.717) is 6.42 Å². The lowest BCUT2D eigenvalue weighted by atomic mass is 9.86. The topological polar surface area (TPSA) is 51.2 Å². The molecule has 2 unspecified atom stereocenters. The van der Waals surface area contributed by atoms with Crippen molar-refractivity contribution in [3.63, 3.8) is 0 Å². The lowest BCUT2D eigenvalue weighted by Gasteiger charge is -2.21. The van der Waals surface area contributed by atoms with E-state index < -0.39 is 5.92 Å². The summed E-state index contributed by atoms with van der Waals surface area (Å²) in [5.41, 5.74) is -0.0959. The molecule has 0 spiro atoms. The van der Waals surface area contributed by atoms with Crippen LogP contribution in [0.3, 0.4) is 0 Å². The van der Waals surface area contributed by atoms with E-state index in [-0.39, 0.29) is 45.6 Å². The maximum atomic E-state index is 12.3. The van der Waals surface area contributed by atoms with Crippen molar-refractivity contribution in [1.82, 2.24) is 0 Å². The van der Waals surface area contributed by atoms with Gasteiger partial charge in [-0.3, -0.25) is 14.4 Å². The van der Waals surface area contributed by atoms with Gasteiger partial charge in [0.2, 0.25) is 0 Å². The molecule has 114 valence electrons. The van der Waals surface area contributed by atoms with E-state index in [2.05, 4.69) is 0 Å². The third-order valence-electron chi connectivity index (χ3n) is 3.09. The molecule has 0 radical (unpaired) electrons. The van der Waals surface area contributed by atoms with Crippen molar-refractivity contribution in [2.45, 2.75) is 70.8 Å². The Morgan fingerprint density at radius 2 is 1.70 bits per heavy atom. The minimum Gasteiger partial charge on any atom is -0.300 e. The van der Waals surface area contributed by atoms with Crippen LogP contribution in [0, 0.1) is 11.3 Å². The predicted octanol–water partition coefficient (Wildman–Crippen LogP) is 3.44. The highest BCUT2D eigenvalue weighted by Crippen LogP contribution is 2.37. The van der Waals surface area contributed by atoms with Crippen molar-refractivity contribution in [2.75, 3.05) is 0 Å². The van der Waals surface area contributed by atoms with Crippen LogP contribution in [-0.2, 0) is 14.4 Å². The van der Waals surface area contributed by atoms with Gasteiger partial charge in [-0.1, -0.05) is 41.5 Å². The molecule has 0 amide bonds. The molecule has 0 aromatic heterocycles. The molecule has 2 atom stereocenters. The number of Topliss-reactive ketones (excluding diaryl/α,β-unsaturated/α-hetero) is 3. The normalized spacial score (nSPS) is 24.3. The second kappa shape index (κ2) is 6.00. The average Bonchev–Trinajstić information content (AvgIpc) is 2.40. The summed E-state index contributed by atoms with van der Waals surface area (Å²) < 4.78 is -0.0507. The average molecular weight is 298 g/mol. The van der Waals surface area contributed by atoms with Crippen LogP contribution in [0.25, 0.3) is 0 Å². The molecule has 1 saturated carbocycles. The molecule has 0 N–H and O–H groups in total. The Bertz CT molecular complexity index is 412. The number of carbonyl (C=O) groups is 3. The molecule has 0 heterocycles. The van der Waals surface area contributed by atoms with Crippen molar-refractivity contribution in [2.24, 2.45) is 11.3 Å². The molecule has 1 rings (SSSR count). The molecular formula is C16H26O3S. The van der Waals surface area contributed by atoms with Crippen LogP contribution in [0.15, 0.2) is 0 Å². The van der Waals surface area contributed by atoms with Gasteiger partial charge < -0.3 is 0 Å². The smallest absolute Gasteiger partial charge is 0.157 e. The zero-order valence-corrected chi connectivity index (χ0v) is 14.2. The highest BCUT2D eigenvalue weighted by atomic mass is 32.2. The highest BCUT2D eigenvalue weighted by Gasteiger charge is 2.43. The summed E-state index contributed by atoms with van der Waals surface area (Å²) in [6.07, 6.45) is 0.797. The summed E-state index contributed by atoms with van der Waals surface area (Å²) >= 11 is 1.54. The van der Waals surface area contributed by atoms with Gasteiger partial charge in [0.05, 0.1) is 11.2 Å². The van der Waals surface area contributed by atoms with E-state index in [1.807, 2.05) is 41.5 Å². The molecule has 1 fully saturated rings. The lowest BCUT2D eigenvalue weighted by molar-refractivity contribution is -0.132. The minimum absolute atomic E-state index is 0.0191. The summed E-state index contributed by atoms with van der Waals surface area (Å²) in [6.45, 7) is 12.1. The van der Waals surface area contributed by atoms with E-state index >= 15 is 0 Å². The molecule has 20 heavy (non-hydrogen) atoms. The van der Waals surface area contributed by atoms with Gasteiger partial charge in [-0.25, -0.2) is 0 Å². The van der Waals surface area contributed by atoms with Crippen LogP contribution in [0.4, 0.5) is 0 Å². The van der Waals surface area contributed by atoms with Crippen molar-refractivity contribution in [3.8, 4) is 0 Å². The Hall–Kier alpha value is -0.640. The Morgan fingerprint density at radius 3 is 2.15 bits per heavy atom. The number of rotatable bonds is 4. The van der Waals surface area contributed by atoms with Crippen LogP contribution in [0.2, 0.25) is 0 Å². The summed E-state index contributed by atoms with van der Waals surface area (Å²) in [5, 5.41) is -0.269. The predicted molar refractivity (Wildman–Crippen MR) is 82.9 cm³/mol. The molecule has 0 aliphatic heterocycles. The fourth-order valence-corrected chi connectivity index (χ4v) is 3.82. The van der Waals surface area contributed by atoms with E-state index in [4.69, 9.17) is 0 Å². The van der Waals surface area contributed by atoms with Gasteiger partial charge >= 0.3 is 0 Å². The number of carbonyl (C=O) groups excluding carboxylic acids is 3. The zero-order valence-electron chi connectivity index (χ0n) is 13.4. The van der Waals surface area contributed by atoms with Crippen LogP contribution in [0.1, 0.15) is 60.8 Å². The molecule has 0 bridgehead atoms. The van der Waals surface area contributed by atoms with Crippen molar-refractivity contribution in [1.29, 1.82) is 0 Å². The van der Waals surface area contributed by atoms with Gasteiger partial charge in [0.15, 0.2) is 5.78 Å². The fourth-order valence-electron chi connectivity index (χ4n) is 2.44. The third kappa shape index (κ3) is 5.39. The molecule has 0 aromatic rings. The number of hydrogen-bond donors (Lipinski definition) is 0. The van der Waals surface area contributed by atoms with E-state index in [1.54, 1.807) is 0 Å². The SMILES string of the molecule is CC(C)(C)CC(=O)CC1C(=O)CC(SC(C)(C)C)C1=O. The summed E-state index contributed by atoms with van der Waals surface area (Å²) in [7, 11) is 0. The second-order valence-electron chi connectivity index (χ2n) is 7.82. The monoisotopic (exact) mass is 298 g/mol. The van der Waals surface area contributed by atoms with Gasteiger partial charge in [0.25, 0.3) is 0 Å². The first kappa shape index (κ1) is 17.4. The standard InChI is InChI=1S/C16H26O3S/c1-15(2,3)9-10(17)7-11-12(18)8-13(14(11)19)20-16(4,5)6/h11,13H,7-9H2,1-6H3. The van der Waals surface area contributed by atoms with Gasteiger partial charge in [-0.15, -0.1) is 11.8 Å². The van der Waals surface area contributed by atoms with Crippen LogP contribution in [0.5, 0.6) is 0 Å². The Morgan fingerprint density at radius 1 is 1.15 bits per heavy atom. The highest BCUT2D eigenvalue weighted by molar-refractivity contribution is 8.01. The van der Waals surface area contributed by atoms with Crippen molar-refractivity contribution < 1.29 is 14.4 Å². The molecule has 1 aliphatic carbocycles. The maximum Gasteiger partial charge on any atom is 0.157 e. The minimum atomic E-state index is -0.690. The van der Waals surface area contributed by atoms with Crippen LogP contribution >= 0.6 is 11.8 Å². The van der Waals surface area contributed by atoms with Crippen LogP contribution < -0.4 is 0 Å². The molecule has 0 saturated heterocycles. The summed E-state index contributed by atoms with van der Waals surface area (Å²) in [6, 6.07) is 0. The third-order valence-corrected chi connectivity index (χ3v) is 4.48. The molecule has 1 aliphatic rings. The van der Waals surface area contributed by atoms with Crippen LogP contribution in [-0.4, -0.2) is 27.3 Å². The number of hydrogen-bond acceptors (Lipinski definition) is 4. The molecule has 3 nitrogen and oxygen atoms in total. The number of ketones is 3. The lowest BCUT2D eigenvalue weighted by Crippen LogP contribution is -2.25. The Balaban J connectivity index is 2.66. The quantitative estimate of drug-likeness (QED) is 0.746. The van der Waals surface area contributed by atoms with E-state index in [1.165, 1.54) is 11.8 Å². The first-order valence-corrected chi connectivity index (χ1v) is 8.03. The maximum absolute atomic E-state index is 12.3. The molecular weight excluding hydrogens is 272 g/mol. The van der Waals surface area contributed by atoms with Crippen molar-refractivity contribution >= 4 is 29.1 Å². The van der Waals surface area contributed by atoms with Crippen molar-refractivity contribution in [3.05, 3.63) is 0 Å². The Labute approximate surface area is 126 Å². The van der Waals surface area contributed by atoms with E-state index in [9.17, 15) is 14.4 Å². The zero-order chi connectivity index (χ0) is 15.7. The first-order valence-electron chi connectivity index (χ1n) is 7.15. The summed E-state index contributed by atoms with van der Waals surface area (Å²) in [5.74, 6) is -0.772. The number of thioether (sulfide) groups is 1. The largest absolute Gasteiger partial charge is 0.300 e. The van der Waals surface area contributed by atoms with E-state index in [0.717, 1.165) is 0 Å². The van der Waals surface area contributed by atoms with Gasteiger partial charge in [0.1, 0.15) is 11.6 Å². The molecule has 0 aromatic carbocycles.